The van der Waals surface area contributed by atoms with E-state index in [2.05, 4.69) is 11.4 Å². The van der Waals surface area contributed by atoms with Gasteiger partial charge in [0, 0.05) is 13.5 Å². The number of nitrogens with zero attached hydrogens (tertiary/aromatic N) is 1. The largest absolute Gasteiger partial charge is 0.369 e. The first-order valence-electron chi connectivity index (χ1n) is 7.35. The number of carbonyl (C=O) groups excluding carboxylic acids is 2. The zero-order valence-corrected chi connectivity index (χ0v) is 14.6. The Bertz CT molecular complexity index is 869. The van der Waals surface area contributed by atoms with Gasteiger partial charge in [0.15, 0.2) is 23.3 Å². The number of halogens is 5. The highest BCUT2D eigenvalue weighted by molar-refractivity contribution is 7.08. The molecule has 0 saturated heterocycles. The molecule has 2 rings (SSSR count). The van der Waals surface area contributed by atoms with Gasteiger partial charge in [0.05, 0.1) is 0 Å². The maximum absolute atomic E-state index is 13.6. The summed E-state index contributed by atoms with van der Waals surface area (Å²) in [6, 6.07) is 1.80. The molecular formula is C17H12F5NO3S. The number of rotatable bonds is 5. The molecule has 0 fully saturated rings. The molecule has 144 valence electrons. The van der Waals surface area contributed by atoms with Gasteiger partial charge in [0.25, 0.3) is 5.91 Å². The summed E-state index contributed by atoms with van der Waals surface area (Å²) in [5.74, 6) is -14.3. The van der Waals surface area contributed by atoms with Crippen LogP contribution < -0.4 is 0 Å². The summed E-state index contributed by atoms with van der Waals surface area (Å²) in [6.07, 6.45) is 0.0511. The molecule has 0 bridgehead atoms. The Morgan fingerprint density at radius 2 is 1.59 bits per heavy atom. The van der Waals surface area contributed by atoms with Gasteiger partial charge in [-0.05, 0) is 34.4 Å². The summed E-state index contributed by atoms with van der Waals surface area (Å²) in [7, 11) is 0.972. The SMILES string of the molecule is C=C(CCC(=O)N(C)OC(=O)c1c(F)c(F)c(F)c(F)c1F)c1ccsc1. The number of benzene rings is 1. The maximum Gasteiger partial charge on any atom is 0.369 e. The van der Waals surface area contributed by atoms with E-state index in [9.17, 15) is 31.5 Å². The van der Waals surface area contributed by atoms with Gasteiger partial charge in [0.2, 0.25) is 5.82 Å². The van der Waals surface area contributed by atoms with Crippen LogP contribution in [0.5, 0.6) is 0 Å². The van der Waals surface area contributed by atoms with E-state index in [0.717, 1.165) is 12.6 Å². The fraction of sp³-hybridized carbons (Fsp3) is 0.176. The van der Waals surface area contributed by atoms with Crippen molar-refractivity contribution in [3.63, 3.8) is 0 Å². The van der Waals surface area contributed by atoms with E-state index < -0.39 is 46.5 Å². The van der Waals surface area contributed by atoms with Gasteiger partial charge >= 0.3 is 5.97 Å². The molecule has 1 aromatic carbocycles. The van der Waals surface area contributed by atoms with Gasteiger partial charge in [-0.3, -0.25) is 4.79 Å². The quantitative estimate of drug-likeness (QED) is 0.319. The summed E-state index contributed by atoms with van der Waals surface area (Å²) < 4.78 is 66.4. The lowest BCUT2D eigenvalue weighted by Gasteiger charge is -2.17. The number of hydrogen-bond acceptors (Lipinski definition) is 4. The zero-order valence-electron chi connectivity index (χ0n) is 13.8. The minimum atomic E-state index is -2.40. The van der Waals surface area contributed by atoms with Crippen molar-refractivity contribution < 1.29 is 36.4 Å². The molecule has 10 heteroatoms. The first-order chi connectivity index (χ1) is 12.6. The minimum Gasteiger partial charge on any atom is -0.333 e. The third-order valence-corrected chi connectivity index (χ3v) is 4.24. The Morgan fingerprint density at radius 1 is 1.04 bits per heavy atom. The Morgan fingerprint density at radius 3 is 2.11 bits per heavy atom. The lowest BCUT2D eigenvalue weighted by Crippen LogP contribution is -2.31. The van der Waals surface area contributed by atoms with E-state index in [-0.39, 0.29) is 12.8 Å². The Balaban J connectivity index is 2.05. The van der Waals surface area contributed by atoms with Crippen molar-refractivity contribution in [2.24, 2.45) is 0 Å². The summed E-state index contributed by atoms with van der Waals surface area (Å²) >= 11 is 1.44. The van der Waals surface area contributed by atoms with E-state index >= 15 is 0 Å². The van der Waals surface area contributed by atoms with Crippen LogP contribution in [0.2, 0.25) is 0 Å². The maximum atomic E-state index is 13.6. The van der Waals surface area contributed by atoms with E-state index in [1.54, 1.807) is 6.07 Å². The van der Waals surface area contributed by atoms with Gasteiger partial charge in [-0.1, -0.05) is 6.58 Å². The summed E-state index contributed by atoms with van der Waals surface area (Å²) in [5.41, 5.74) is -0.313. The topological polar surface area (TPSA) is 46.6 Å². The average molecular weight is 405 g/mol. The molecule has 0 N–H and O–H groups in total. The molecule has 0 spiro atoms. The van der Waals surface area contributed by atoms with E-state index in [4.69, 9.17) is 0 Å². The zero-order chi connectivity index (χ0) is 20.3. The Hall–Kier alpha value is -2.75. The molecule has 1 aromatic heterocycles. The van der Waals surface area contributed by atoms with Crippen molar-refractivity contribution in [2.75, 3.05) is 7.05 Å². The highest BCUT2D eigenvalue weighted by Crippen LogP contribution is 2.24. The van der Waals surface area contributed by atoms with Crippen molar-refractivity contribution in [3.8, 4) is 0 Å². The monoisotopic (exact) mass is 405 g/mol. The van der Waals surface area contributed by atoms with Crippen molar-refractivity contribution in [1.29, 1.82) is 0 Å². The van der Waals surface area contributed by atoms with Gasteiger partial charge in [-0.15, -0.1) is 0 Å². The second-order valence-corrected chi connectivity index (χ2v) is 6.11. The number of hydroxylamine groups is 2. The van der Waals surface area contributed by atoms with Crippen LogP contribution in [0.25, 0.3) is 5.57 Å². The van der Waals surface area contributed by atoms with Crippen LogP contribution in [0.4, 0.5) is 22.0 Å². The van der Waals surface area contributed by atoms with Crippen LogP contribution in [-0.2, 0) is 9.63 Å². The lowest BCUT2D eigenvalue weighted by molar-refractivity contribution is -0.161. The summed E-state index contributed by atoms with van der Waals surface area (Å²) in [5, 5.41) is 4.00. The predicted molar refractivity (Wildman–Crippen MR) is 87.0 cm³/mol. The highest BCUT2D eigenvalue weighted by Gasteiger charge is 2.32. The highest BCUT2D eigenvalue weighted by atomic mass is 32.1. The second kappa shape index (κ2) is 8.30. The van der Waals surface area contributed by atoms with Crippen molar-refractivity contribution in [2.45, 2.75) is 12.8 Å². The van der Waals surface area contributed by atoms with Crippen LogP contribution in [0.3, 0.4) is 0 Å². The van der Waals surface area contributed by atoms with E-state index in [1.165, 1.54) is 11.3 Å². The van der Waals surface area contributed by atoms with Crippen molar-refractivity contribution in [1.82, 2.24) is 5.06 Å². The summed E-state index contributed by atoms with van der Waals surface area (Å²) in [6.45, 7) is 3.80. The fourth-order valence-corrected chi connectivity index (χ4v) is 2.73. The number of hydrogen-bond donors (Lipinski definition) is 0. The van der Waals surface area contributed by atoms with E-state index in [1.807, 2.05) is 10.8 Å². The third kappa shape index (κ3) is 4.33. The molecule has 2 aromatic rings. The molecule has 1 heterocycles. The molecule has 0 aliphatic heterocycles. The first kappa shape index (κ1) is 20.6. The van der Waals surface area contributed by atoms with Gasteiger partial charge in [0.1, 0.15) is 5.56 Å². The normalized spacial score (nSPS) is 10.6. The molecule has 0 aliphatic carbocycles. The van der Waals surface area contributed by atoms with E-state index in [0.29, 0.717) is 10.6 Å². The number of allylic oxidation sites excluding steroid dienone is 1. The average Bonchev–Trinajstić information content (AvgIpc) is 3.17. The first-order valence-corrected chi connectivity index (χ1v) is 8.30. The Labute approximate surface area is 154 Å². The lowest BCUT2D eigenvalue weighted by atomic mass is 10.1. The van der Waals surface area contributed by atoms with Crippen LogP contribution in [-0.4, -0.2) is 24.0 Å². The standard InChI is InChI=1S/C17H12F5NO3S/c1-8(9-5-6-27-7-9)3-4-10(24)23(2)26-17(25)11-12(18)14(20)16(22)15(21)13(11)19/h5-7H,1,3-4H2,2H3. The minimum absolute atomic E-state index is 0.157. The van der Waals surface area contributed by atoms with Crippen LogP contribution >= 0.6 is 11.3 Å². The molecule has 4 nitrogen and oxygen atoms in total. The molecule has 0 atom stereocenters. The van der Waals surface area contributed by atoms with Crippen molar-refractivity contribution >= 4 is 28.8 Å². The van der Waals surface area contributed by atoms with Gasteiger partial charge in [-0.25, -0.2) is 26.7 Å². The van der Waals surface area contributed by atoms with Crippen LogP contribution in [0, 0.1) is 29.1 Å². The third-order valence-electron chi connectivity index (χ3n) is 3.56. The van der Waals surface area contributed by atoms with Gasteiger partial charge < -0.3 is 4.84 Å². The van der Waals surface area contributed by atoms with Gasteiger partial charge in [-0.2, -0.15) is 16.4 Å². The van der Waals surface area contributed by atoms with Crippen LogP contribution in [0.15, 0.2) is 23.4 Å². The van der Waals surface area contributed by atoms with Crippen molar-refractivity contribution in [3.05, 3.63) is 63.6 Å². The number of carbonyl (C=O) groups is 2. The molecule has 27 heavy (non-hydrogen) atoms. The Kier molecular flexibility index (Phi) is 6.32. The fourth-order valence-electron chi connectivity index (χ4n) is 2.03. The number of amides is 1. The van der Waals surface area contributed by atoms with Crippen LogP contribution in [0.1, 0.15) is 28.8 Å². The smallest absolute Gasteiger partial charge is 0.333 e. The molecule has 1 amide bonds. The second-order valence-electron chi connectivity index (χ2n) is 5.33. The summed E-state index contributed by atoms with van der Waals surface area (Å²) in [4.78, 5) is 28.1. The predicted octanol–water partition coefficient (Wildman–Crippen LogP) is 4.47. The molecule has 0 aliphatic rings. The molecule has 0 saturated carbocycles. The molecule has 0 unspecified atom stereocenters. The molecule has 0 radical (unpaired) electrons. The number of thiophene rings is 1. The molecular weight excluding hydrogens is 393 g/mol.